The Labute approximate surface area is 350 Å². The minimum absolute atomic E-state index is 1.08. The van der Waals surface area contributed by atoms with Crippen molar-refractivity contribution in [2.24, 2.45) is 0 Å². The Balaban J connectivity index is 1.08. The van der Waals surface area contributed by atoms with E-state index in [1.807, 2.05) is 0 Å². The number of aromatic nitrogens is 1. The molecule has 2 heteroatoms. The Bertz CT molecular complexity index is 3170. The van der Waals surface area contributed by atoms with Crippen LogP contribution in [0.1, 0.15) is 0 Å². The topological polar surface area (TPSA) is 8.17 Å². The molecule has 2 nitrogen and oxygen atoms in total. The van der Waals surface area contributed by atoms with Crippen LogP contribution < -0.4 is 4.90 Å². The Morgan fingerprint density at radius 2 is 0.750 bits per heavy atom. The van der Waals surface area contributed by atoms with E-state index in [0.717, 1.165) is 22.7 Å². The van der Waals surface area contributed by atoms with Crippen molar-refractivity contribution in [3.63, 3.8) is 0 Å². The molecule has 11 rings (SSSR count). The minimum Gasteiger partial charge on any atom is -0.310 e. The summed E-state index contributed by atoms with van der Waals surface area (Å²) in [7, 11) is 0. The van der Waals surface area contributed by atoms with Crippen LogP contribution in [-0.4, -0.2) is 4.57 Å². The molecule has 0 aliphatic rings. The first kappa shape index (κ1) is 35.2. The number of hydrogen-bond donors (Lipinski definition) is 0. The van der Waals surface area contributed by atoms with E-state index in [1.165, 1.54) is 77.1 Å². The summed E-state index contributed by atoms with van der Waals surface area (Å²) < 4.78 is 2.46. The van der Waals surface area contributed by atoms with Crippen LogP contribution in [0.15, 0.2) is 243 Å². The van der Waals surface area contributed by atoms with Crippen molar-refractivity contribution >= 4 is 49.6 Å². The van der Waals surface area contributed by atoms with E-state index < -0.39 is 0 Å². The quantitative estimate of drug-likeness (QED) is 0.150. The van der Waals surface area contributed by atoms with Gasteiger partial charge in [0.15, 0.2) is 0 Å². The van der Waals surface area contributed by atoms with Crippen LogP contribution in [0.2, 0.25) is 0 Å². The summed E-state index contributed by atoms with van der Waals surface area (Å²) in [5.41, 5.74) is 16.4. The van der Waals surface area contributed by atoms with Gasteiger partial charge in [-0.25, -0.2) is 0 Å². The average Bonchev–Trinajstić information content (AvgIpc) is 3.68. The molecule has 0 N–H and O–H groups in total. The van der Waals surface area contributed by atoms with E-state index in [1.54, 1.807) is 0 Å². The summed E-state index contributed by atoms with van der Waals surface area (Å²) in [6.45, 7) is 0. The molecule has 11 aromatic rings. The van der Waals surface area contributed by atoms with E-state index in [-0.39, 0.29) is 0 Å². The second-order valence-corrected chi connectivity index (χ2v) is 15.3. The molecule has 0 unspecified atom stereocenters. The van der Waals surface area contributed by atoms with Crippen molar-refractivity contribution in [2.45, 2.75) is 0 Å². The van der Waals surface area contributed by atoms with Crippen LogP contribution in [0.5, 0.6) is 0 Å². The van der Waals surface area contributed by atoms with E-state index in [2.05, 4.69) is 252 Å². The van der Waals surface area contributed by atoms with Crippen LogP contribution >= 0.6 is 0 Å². The standard InChI is InChI=1S/C58H40N2/c1-4-14-41(15-5-1)44-26-28-48(29-27-44)54-24-13-25-55-57(54)58-53-23-11-10-20-47(53)34-39-56(58)60(55)52-22-12-21-51(40-52)59(49-35-30-45(31-36-49)42-16-6-2-7-17-42)50-37-32-46(33-38-50)43-18-8-3-9-19-43/h1-40H. The Morgan fingerprint density at radius 3 is 1.33 bits per heavy atom. The van der Waals surface area contributed by atoms with Crippen molar-refractivity contribution in [1.29, 1.82) is 0 Å². The molecule has 1 aromatic heterocycles. The highest BCUT2D eigenvalue weighted by Crippen LogP contribution is 2.44. The van der Waals surface area contributed by atoms with Crippen molar-refractivity contribution in [3.05, 3.63) is 243 Å². The molecule has 10 aromatic carbocycles. The molecule has 0 fully saturated rings. The van der Waals surface area contributed by atoms with Crippen molar-refractivity contribution < 1.29 is 0 Å². The van der Waals surface area contributed by atoms with Gasteiger partial charge in [-0.3, -0.25) is 0 Å². The number of nitrogens with zero attached hydrogens (tertiary/aromatic N) is 2. The molecule has 0 atom stereocenters. The van der Waals surface area contributed by atoms with Gasteiger partial charge in [-0.15, -0.1) is 0 Å². The lowest BCUT2D eigenvalue weighted by atomic mass is 9.95. The molecule has 0 aliphatic heterocycles. The molecule has 60 heavy (non-hydrogen) atoms. The maximum Gasteiger partial charge on any atom is 0.0547 e. The molecule has 0 spiro atoms. The van der Waals surface area contributed by atoms with Gasteiger partial charge in [0.25, 0.3) is 0 Å². The van der Waals surface area contributed by atoms with Gasteiger partial charge in [0.2, 0.25) is 0 Å². The van der Waals surface area contributed by atoms with E-state index in [9.17, 15) is 0 Å². The number of anilines is 3. The van der Waals surface area contributed by atoms with Crippen molar-refractivity contribution in [2.75, 3.05) is 4.90 Å². The fraction of sp³-hybridized carbons (Fsp3) is 0. The number of fused-ring (bicyclic) bond motifs is 5. The Kier molecular flexibility index (Phi) is 8.87. The summed E-state index contributed by atoms with van der Waals surface area (Å²) in [6, 6.07) is 87.8. The highest BCUT2D eigenvalue weighted by Gasteiger charge is 2.20. The second-order valence-electron chi connectivity index (χ2n) is 15.3. The molecule has 0 radical (unpaired) electrons. The largest absolute Gasteiger partial charge is 0.310 e. The van der Waals surface area contributed by atoms with Gasteiger partial charge in [0, 0.05) is 33.5 Å². The van der Waals surface area contributed by atoms with Gasteiger partial charge < -0.3 is 9.47 Å². The molecule has 1 heterocycles. The highest BCUT2D eigenvalue weighted by molar-refractivity contribution is 6.25. The summed E-state index contributed by atoms with van der Waals surface area (Å²) in [5, 5.41) is 5.01. The first-order valence-electron chi connectivity index (χ1n) is 20.6. The van der Waals surface area contributed by atoms with Gasteiger partial charge in [-0.1, -0.05) is 188 Å². The lowest BCUT2D eigenvalue weighted by molar-refractivity contribution is 1.17. The maximum absolute atomic E-state index is 2.46. The summed E-state index contributed by atoms with van der Waals surface area (Å²) in [6.07, 6.45) is 0. The highest BCUT2D eigenvalue weighted by atomic mass is 15.1. The molecule has 282 valence electrons. The van der Waals surface area contributed by atoms with Crippen molar-refractivity contribution in [3.8, 4) is 50.2 Å². The molecule has 0 saturated carbocycles. The monoisotopic (exact) mass is 764 g/mol. The Morgan fingerprint density at radius 1 is 0.283 bits per heavy atom. The smallest absolute Gasteiger partial charge is 0.0547 e. The zero-order valence-electron chi connectivity index (χ0n) is 33.0. The SMILES string of the molecule is c1ccc(-c2ccc(-c3cccc4c3c3c5ccccc5ccc3n4-c3cccc(N(c4ccc(-c5ccccc5)cc4)c4ccc(-c5ccccc5)cc4)c3)cc2)cc1. The molecular formula is C58H40N2. The first-order valence-corrected chi connectivity index (χ1v) is 20.6. The van der Waals surface area contributed by atoms with E-state index in [4.69, 9.17) is 0 Å². The van der Waals surface area contributed by atoms with Gasteiger partial charge in [0.05, 0.1) is 11.0 Å². The fourth-order valence-corrected chi connectivity index (χ4v) is 8.91. The van der Waals surface area contributed by atoms with Crippen LogP contribution in [0, 0.1) is 0 Å². The predicted molar refractivity (Wildman–Crippen MR) is 255 cm³/mol. The van der Waals surface area contributed by atoms with Gasteiger partial charge in [-0.05, 0) is 110 Å². The second kappa shape index (κ2) is 15.1. The fourth-order valence-electron chi connectivity index (χ4n) is 8.91. The zero-order valence-corrected chi connectivity index (χ0v) is 33.0. The van der Waals surface area contributed by atoms with Gasteiger partial charge in [0.1, 0.15) is 0 Å². The third-order valence-electron chi connectivity index (χ3n) is 11.8. The third-order valence-corrected chi connectivity index (χ3v) is 11.8. The molecule has 0 saturated heterocycles. The van der Waals surface area contributed by atoms with Crippen LogP contribution in [0.4, 0.5) is 17.1 Å². The summed E-state index contributed by atoms with van der Waals surface area (Å²) in [5.74, 6) is 0. The number of hydrogen-bond acceptors (Lipinski definition) is 1. The van der Waals surface area contributed by atoms with Gasteiger partial charge in [-0.2, -0.15) is 0 Å². The average molecular weight is 765 g/mol. The number of benzene rings is 10. The molecular weight excluding hydrogens is 725 g/mol. The predicted octanol–water partition coefficient (Wildman–Crippen LogP) is 16.1. The van der Waals surface area contributed by atoms with Gasteiger partial charge >= 0.3 is 0 Å². The number of rotatable bonds is 8. The van der Waals surface area contributed by atoms with Crippen LogP contribution in [0.3, 0.4) is 0 Å². The Hall–Kier alpha value is -7.94. The van der Waals surface area contributed by atoms with Crippen LogP contribution in [0.25, 0.3) is 82.8 Å². The zero-order chi connectivity index (χ0) is 39.8. The summed E-state index contributed by atoms with van der Waals surface area (Å²) >= 11 is 0. The first-order chi connectivity index (χ1) is 29.8. The normalized spacial score (nSPS) is 11.3. The third kappa shape index (κ3) is 6.32. The van der Waals surface area contributed by atoms with E-state index >= 15 is 0 Å². The molecule has 0 bridgehead atoms. The minimum atomic E-state index is 1.08. The maximum atomic E-state index is 2.46. The molecule has 0 aliphatic carbocycles. The van der Waals surface area contributed by atoms with Crippen LogP contribution in [-0.2, 0) is 0 Å². The molecule has 0 amide bonds. The lowest BCUT2D eigenvalue weighted by Crippen LogP contribution is -2.10. The van der Waals surface area contributed by atoms with E-state index in [0.29, 0.717) is 0 Å². The lowest BCUT2D eigenvalue weighted by Gasteiger charge is -2.26. The van der Waals surface area contributed by atoms with Crippen molar-refractivity contribution in [1.82, 2.24) is 4.57 Å². The summed E-state index contributed by atoms with van der Waals surface area (Å²) in [4.78, 5) is 2.37.